The quantitative estimate of drug-likeness (QED) is 0.741. The molecule has 4 rings (SSSR count). The number of rotatable bonds is 4. The number of fused-ring (bicyclic) bond motifs is 1. The van der Waals surface area contributed by atoms with Crippen molar-refractivity contribution in [3.63, 3.8) is 0 Å². The first kappa shape index (κ1) is 18.5. The van der Waals surface area contributed by atoms with E-state index in [1.807, 2.05) is 24.3 Å². The number of hydrogen-bond acceptors (Lipinski definition) is 5. The van der Waals surface area contributed by atoms with Crippen LogP contribution in [-0.4, -0.2) is 37.0 Å². The number of Topliss-reactive ketones (excluding diaryl/α,β-unsaturated/α-hetero) is 1. The van der Waals surface area contributed by atoms with Crippen LogP contribution in [0, 0.1) is 5.92 Å². The number of anilines is 1. The average Bonchev–Trinajstić information content (AvgIpc) is 2.68. The van der Waals surface area contributed by atoms with E-state index in [4.69, 9.17) is 0 Å². The van der Waals surface area contributed by atoms with Gasteiger partial charge in [0.15, 0.2) is 5.78 Å². The number of carbonyl (C=O) groups excluding carboxylic acids is 3. The van der Waals surface area contributed by atoms with Crippen LogP contribution in [0.3, 0.4) is 0 Å². The zero-order chi connectivity index (χ0) is 19.8. The number of ketones is 1. The minimum absolute atomic E-state index is 0.0923. The number of carbonyl (C=O) groups is 3. The van der Waals surface area contributed by atoms with Crippen molar-refractivity contribution in [3.8, 4) is 0 Å². The van der Waals surface area contributed by atoms with Crippen molar-refractivity contribution < 1.29 is 14.4 Å². The molecule has 148 valence electrons. The second-order valence-electron chi connectivity index (χ2n) is 7.52. The van der Waals surface area contributed by atoms with Gasteiger partial charge in [-0.3, -0.25) is 14.9 Å². The lowest BCUT2D eigenvalue weighted by molar-refractivity contribution is -0.127. The third-order valence-electron chi connectivity index (χ3n) is 6.02. The molecule has 1 saturated heterocycles. The van der Waals surface area contributed by atoms with Crippen LogP contribution in [0.25, 0.3) is 0 Å². The number of urea groups is 1. The fourth-order valence-electron chi connectivity index (χ4n) is 4.68. The third-order valence-corrected chi connectivity index (χ3v) is 6.02. The minimum Gasteiger partial charge on any atom is -0.372 e. The van der Waals surface area contributed by atoms with Gasteiger partial charge < -0.3 is 15.5 Å². The Labute approximate surface area is 164 Å². The van der Waals surface area contributed by atoms with Crippen molar-refractivity contribution in [3.05, 3.63) is 41.1 Å². The summed E-state index contributed by atoms with van der Waals surface area (Å²) >= 11 is 0. The molecule has 2 aliphatic heterocycles. The van der Waals surface area contributed by atoms with Gasteiger partial charge in [-0.25, -0.2) is 4.79 Å². The summed E-state index contributed by atoms with van der Waals surface area (Å²) in [5.74, 6) is -1.17. The maximum Gasteiger partial charge on any atom is 0.323 e. The van der Waals surface area contributed by atoms with Crippen molar-refractivity contribution in [2.24, 2.45) is 5.92 Å². The van der Waals surface area contributed by atoms with Gasteiger partial charge in [0.1, 0.15) is 6.17 Å². The summed E-state index contributed by atoms with van der Waals surface area (Å²) in [4.78, 5) is 39.6. The lowest BCUT2D eigenvalue weighted by Crippen LogP contribution is -2.66. The van der Waals surface area contributed by atoms with E-state index in [1.165, 1.54) is 0 Å². The lowest BCUT2D eigenvalue weighted by atomic mass is 9.70. The number of allylic oxidation sites excluding steroid dienone is 2. The summed E-state index contributed by atoms with van der Waals surface area (Å²) in [6, 6.07) is 7.62. The molecule has 0 bridgehead atoms. The van der Waals surface area contributed by atoms with E-state index in [0.717, 1.165) is 42.9 Å². The van der Waals surface area contributed by atoms with Crippen LogP contribution in [0.5, 0.6) is 0 Å². The Hall–Kier alpha value is -2.83. The van der Waals surface area contributed by atoms with Gasteiger partial charge >= 0.3 is 6.03 Å². The second-order valence-corrected chi connectivity index (χ2v) is 7.52. The molecule has 7 nitrogen and oxygen atoms in total. The van der Waals surface area contributed by atoms with Gasteiger partial charge in [-0.2, -0.15) is 0 Å². The van der Waals surface area contributed by atoms with Crippen molar-refractivity contribution in [1.82, 2.24) is 16.0 Å². The Morgan fingerprint density at radius 2 is 1.71 bits per heavy atom. The first-order valence-corrected chi connectivity index (χ1v) is 10.0. The van der Waals surface area contributed by atoms with Gasteiger partial charge in [0.05, 0.1) is 5.92 Å². The number of nitrogens with zero attached hydrogens (tertiary/aromatic N) is 1. The second kappa shape index (κ2) is 7.30. The fraction of sp³-hybridized carbons (Fsp3) is 0.476. The molecule has 0 spiro atoms. The van der Waals surface area contributed by atoms with Gasteiger partial charge in [-0.05, 0) is 44.4 Å². The van der Waals surface area contributed by atoms with Gasteiger partial charge in [0.25, 0.3) is 0 Å². The Morgan fingerprint density at radius 3 is 2.39 bits per heavy atom. The largest absolute Gasteiger partial charge is 0.372 e. The summed E-state index contributed by atoms with van der Waals surface area (Å²) in [6.45, 7) is 6.05. The molecule has 3 atom stereocenters. The number of nitrogens with one attached hydrogen (secondary N) is 3. The Kier molecular flexibility index (Phi) is 4.83. The smallest absolute Gasteiger partial charge is 0.323 e. The predicted octanol–water partition coefficient (Wildman–Crippen LogP) is 2.01. The summed E-state index contributed by atoms with van der Waals surface area (Å²) in [5.41, 5.74) is 3.62. The van der Waals surface area contributed by atoms with Crippen molar-refractivity contribution in [1.29, 1.82) is 0 Å². The molecule has 1 aromatic carbocycles. The Bertz CT molecular complexity index is 842. The zero-order valence-electron chi connectivity index (χ0n) is 16.2. The van der Waals surface area contributed by atoms with Crippen LogP contribution < -0.4 is 20.9 Å². The molecule has 2 heterocycles. The van der Waals surface area contributed by atoms with Crippen molar-refractivity contribution in [2.45, 2.75) is 45.2 Å². The third kappa shape index (κ3) is 3.04. The average molecular weight is 382 g/mol. The van der Waals surface area contributed by atoms with Crippen LogP contribution in [0.1, 0.15) is 44.6 Å². The molecule has 0 saturated carbocycles. The number of benzene rings is 1. The predicted molar refractivity (Wildman–Crippen MR) is 106 cm³/mol. The van der Waals surface area contributed by atoms with E-state index < -0.39 is 18.1 Å². The van der Waals surface area contributed by atoms with Gasteiger partial charge in [-0.1, -0.05) is 12.1 Å². The monoisotopic (exact) mass is 382 g/mol. The maximum absolute atomic E-state index is 12.8. The summed E-state index contributed by atoms with van der Waals surface area (Å²) < 4.78 is 0. The first-order chi connectivity index (χ1) is 13.5. The van der Waals surface area contributed by atoms with Crippen LogP contribution >= 0.6 is 0 Å². The maximum atomic E-state index is 12.8. The van der Waals surface area contributed by atoms with E-state index in [2.05, 4.69) is 34.7 Å². The minimum atomic E-state index is -0.558. The highest BCUT2D eigenvalue weighted by molar-refractivity contribution is 6.03. The molecule has 3 aliphatic rings. The van der Waals surface area contributed by atoms with Crippen molar-refractivity contribution in [2.75, 3.05) is 18.0 Å². The molecular formula is C21H26N4O3. The molecule has 3 amide bonds. The van der Waals surface area contributed by atoms with Crippen LogP contribution in [0.2, 0.25) is 0 Å². The highest BCUT2D eigenvalue weighted by atomic mass is 16.2. The van der Waals surface area contributed by atoms with E-state index in [-0.39, 0.29) is 17.6 Å². The SMILES string of the molecule is CCN(CC)c1ccc(C2C3=C(CCCC3=O)NC3NC(=O)NC(=O)C32)cc1. The zero-order valence-corrected chi connectivity index (χ0v) is 16.2. The number of hydrogen-bond donors (Lipinski definition) is 3. The fourth-order valence-corrected chi connectivity index (χ4v) is 4.68. The molecular weight excluding hydrogens is 356 g/mol. The van der Waals surface area contributed by atoms with Crippen molar-refractivity contribution >= 4 is 23.4 Å². The van der Waals surface area contributed by atoms with E-state index in [0.29, 0.717) is 12.0 Å². The summed E-state index contributed by atoms with van der Waals surface area (Å²) in [6.07, 6.45) is 1.55. The topological polar surface area (TPSA) is 90.5 Å². The highest BCUT2D eigenvalue weighted by Crippen LogP contribution is 2.43. The molecule has 1 aliphatic carbocycles. The molecule has 0 aromatic heterocycles. The Balaban J connectivity index is 1.77. The molecule has 3 N–H and O–H groups in total. The summed E-state index contributed by atoms with van der Waals surface area (Å²) in [5, 5.41) is 8.43. The van der Waals surface area contributed by atoms with Crippen LogP contribution in [-0.2, 0) is 9.59 Å². The summed E-state index contributed by atoms with van der Waals surface area (Å²) in [7, 11) is 0. The highest BCUT2D eigenvalue weighted by Gasteiger charge is 2.48. The van der Waals surface area contributed by atoms with E-state index in [9.17, 15) is 14.4 Å². The van der Waals surface area contributed by atoms with Crippen LogP contribution in [0.4, 0.5) is 10.5 Å². The first-order valence-electron chi connectivity index (χ1n) is 10.0. The van der Waals surface area contributed by atoms with Gasteiger partial charge in [0.2, 0.25) is 5.91 Å². The van der Waals surface area contributed by atoms with Crippen LogP contribution in [0.15, 0.2) is 35.5 Å². The molecule has 3 unspecified atom stereocenters. The van der Waals surface area contributed by atoms with E-state index in [1.54, 1.807) is 0 Å². The molecule has 0 radical (unpaired) electrons. The lowest BCUT2D eigenvalue weighted by Gasteiger charge is -2.44. The molecule has 7 heteroatoms. The van der Waals surface area contributed by atoms with Gasteiger partial charge in [-0.15, -0.1) is 0 Å². The normalized spacial score (nSPS) is 26.6. The van der Waals surface area contributed by atoms with E-state index >= 15 is 0 Å². The number of imide groups is 1. The van der Waals surface area contributed by atoms with Gasteiger partial charge in [0, 0.05) is 42.4 Å². The Morgan fingerprint density at radius 1 is 1.00 bits per heavy atom. The molecule has 28 heavy (non-hydrogen) atoms. The molecule has 1 fully saturated rings. The standard InChI is InChI=1S/C21H26N4O3/c1-3-25(4-2)13-10-8-12(9-11-13)16-17-14(6-5-7-15(17)26)22-19-18(16)20(27)24-21(28)23-19/h8-11,16,18-19,22H,3-7H2,1-2H3,(H2,23,24,27,28). The molecule has 1 aromatic rings. The number of amides is 3.